The molecule has 33 heavy (non-hydrogen) atoms. The number of pyridine rings is 1. The molecule has 2 aromatic heterocycles. The van der Waals surface area contributed by atoms with Crippen molar-refractivity contribution in [3.8, 4) is 11.5 Å². The molecule has 0 saturated heterocycles. The summed E-state index contributed by atoms with van der Waals surface area (Å²) in [7, 11) is 3.09. The third-order valence-electron chi connectivity index (χ3n) is 5.09. The van der Waals surface area contributed by atoms with Crippen LogP contribution in [0.3, 0.4) is 0 Å². The van der Waals surface area contributed by atoms with Crippen molar-refractivity contribution in [3.63, 3.8) is 0 Å². The van der Waals surface area contributed by atoms with Crippen LogP contribution in [0.4, 0.5) is 5.69 Å². The average molecular weight is 456 g/mol. The molecule has 3 rings (SSSR count). The van der Waals surface area contributed by atoms with E-state index in [1.54, 1.807) is 38.3 Å². The fourth-order valence-electron chi connectivity index (χ4n) is 3.36. The van der Waals surface area contributed by atoms with E-state index in [9.17, 15) is 14.4 Å². The zero-order valence-electron chi connectivity index (χ0n) is 19.4. The SMILES string of the molecule is CCn1c(=O)[nH]c(=O)c2c(C(=O)Nc3ccc(OC)c(OCCOC)c3)cc(C(C)C)nc21. The highest BCUT2D eigenvalue weighted by molar-refractivity contribution is 6.12. The van der Waals surface area contributed by atoms with Crippen LogP contribution in [0.15, 0.2) is 33.9 Å². The second-order valence-electron chi connectivity index (χ2n) is 7.61. The Morgan fingerprint density at radius 2 is 1.91 bits per heavy atom. The number of aromatic amines is 1. The maximum absolute atomic E-state index is 13.3. The van der Waals surface area contributed by atoms with E-state index in [0.29, 0.717) is 42.6 Å². The van der Waals surface area contributed by atoms with Crippen LogP contribution in [-0.2, 0) is 11.3 Å². The normalized spacial score (nSPS) is 11.1. The van der Waals surface area contributed by atoms with Gasteiger partial charge in [-0.1, -0.05) is 13.8 Å². The van der Waals surface area contributed by atoms with Gasteiger partial charge in [0.25, 0.3) is 11.5 Å². The van der Waals surface area contributed by atoms with Gasteiger partial charge in [0.2, 0.25) is 0 Å². The van der Waals surface area contributed by atoms with Crippen LogP contribution in [0.5, 0.6) is 11.5 Å². The number of ether oxygens (including phenoxy) is 3. The van der Waals surface area contributed by atoms with Crippen molar-refractivity contribution in [2.45, 2.75) is 33.2 Å². The Bertz CT molecular complexity index is 1280. The summed E-state index contributed by atoms with van der Waals surface area (Å²) in [5.74, 6) is 0.406. The minimum Gasteiger partial charge on any atom is -0.493 e. The Balaban J connectivity index is 2.08. The average Bonchev–Trinajstić information content (AvgIpc) is 2.78. The summed E-state index contributed by atoms with van der Waals surface area (Å²) < 4.78 is 17.3. The molecule has 0 spiro atoms. The van der Waals surface area contributed by atoms with Crippen LogP contribution in [0.25, 0.3) is 11.0 Å². The van der Waals surface area contributed by atoms with E-state index < -0.39 is 17.2 Å². The van der Waals surface area contributed by atoms with Gasteiger partial charge in [0.1, 0.15) is 6.61 Å². The number of anilines is 1. The molecule has 0 aliphatic carbocycles. The fraction of sp³-hybridized carbons (Fsp3) is 0.391. The maximum Gasteiger partial charge on any atom is 0.329 e. The molecule has 0 aliphatic rings. The minimum absolute atomic E-state index is 0.0255. The first-order chi connectivity index (χ1) is 15.8. The highest BCUT2D eigenvalue weighted by atomic mass is 16.5. The van der Waals surface area contributed by atoms with Crippen molar-refractivity contribution in [2.24, 2.45) is 0 Å². The first-order valence-corrected chi connectivity index (χ1v) is 10.6. The predicted octanol–water partition coefficient (Wildman–Crippen LogP) is 2.51. The summed E-state index contributed by atoms with van der Waals surface area (Å²) in [6.07, 6.45) is 0. The highest BCUT2D eigenvalue weighted by Crippen LogP contribution is 2.31. The van der Waals surface area contributed by atoms with Gasteiger partial charge in [-0.05, 0) is 31.0 Å². The topological polar surface area (TPSA) is 125 Å². The highest BCUT2D eigenvalue weighted by Gasteiger charge is 2.20. The lowest BCUT2D eigenvalue weighted by atomic mass is 10.0. The van der Waals surface area contributed by atoms with Crippen LogP contribution in [0.1, 0.15) is 42.7 Å². The number of carbonyl (C=O) groups excluding carboxylic acids is 1. The second kappa shape index (κ2) is 10.3. The number of amides is 1. The van der Waals surface area contributed by atoms with E-state index in [1.165, 1.54) is 11.7 Å². The first kappa shape index (κ1) is 24.0. The number of carbonyl (C=O) groups is 1. The van der Waals surface area contributed by atoms with Crippen molar-refractivity contribution in [1.82, 2.24) is 14.5 Å². The number of aromatic nitrogens is 3. The smallest absolute Gasteiger partial charge is 0.329 e. The van der Waals surface area contributed by atoms with Gasteiger partial charge in [-0.15, -0.1) is 0 Å². The number of benzene rings is 1. The lowest BCUT2D eigenvalue weighted by molar-refractivity contribution is 0.102. The molecule has 1 aromatic carbocycles. The summed E-state index contributed by atoms with van der Waals surface area (Å²) in [6.45, 7) is 6.60. The van der Waals surface area contributed by atoms with E-state index in [4.69, 9.17) is 14.2 Å². The summed E-state index contributed by atoms with van der Waals surface area (Å²) in [6, 6.07) is 6.55. The zero-order valence-corrected chi connectivity index (χ0v) is 19.4. The van der Waals surface area contributed by atoms with Crippen LogP contribution in [0, 0.1) is 0 Å². The van der Waals surface area contributed by atoms with Crippen molar-refractivity contribution in [1.29, 1.82) is 0 Å². The number of methoxy groups -OCH3 is 2. The van der Waals surface area contributed by atoms with Gasteiger partial charge >= 0.3 is 5.69 Å². The standard InChI is InChI=1S/C23H28N4O6/c1-6-27-20-19(22(29)26-23(27)30)15(12-16(25-20)13(2)3)21(28)24-14-7-8-17(32-5)18(11-14)33-10-9-31-4/h7-8,11-13H,6,9-10H2,1-5H3,(H,24,28)(H,26,29,30). The molecule has 3 aromatic rings. The largest absolute Gasteiger partial charge is 0.493 e. The Kier molecular flexibility index (Phi) is 7.49. The van der Waals surface area contributed by atoms with Crippen LogP contribution in [-0.4, -0.2) is 47.9 Å². The lowest BCUT2D eigenvalue weighted by Gasteiger charge is -2.15. The molecule has 0 radical (unpaired) electrons. The number of fused-ring (bicyclic) bond motifs is 1. The molecule has 0 unspecified atom stereocenters. The fourth-order valence-corrected chi connectivity index (χ4v) is 3.36. The number of hydrogen-bond donors (Lipinski definition) is 2. The number of nitrogens with one attached hydrogen (secondary N) is 2. The number of H-pyrrole nitrogens is 1. The summed E-state index contributed by atoms with van der Waals surface area (Å²) in [4.78, 5) is 45.0. The molecular formula is C23H28N4O6. The van der Waals surface area contributed by atoms with Gasteiger partial charge in [0.05, 0.1) is 24.7 Å². The van der Waals surface area contributed by atoms with Crippen LogP contribution >= 0.6 is 0 Å². The predicted molar refractivity (Wildman–Crippen MR) is 125 cm³/mol. The molecule has 0 fully saturated rings. The van der Waals surface area contributed by atoms with E-state index in [1.807, 2.05) is 13.8 Å². The lowest BCUT2D eigenvalue weighted by Crippen LogP contribution is -2.32. The molecular weight excluding hydrogens is 428 g/mol. The number of hydrogen-bond acceptors (Lipinski definition) is 7. The Hall–Kier alpha value is -3.66. The van der Waals surface area contributed by atoms with Crippen molar-refractivity contribution in [2.75, 3.05) is 32.8 Å². The third kappa shape index (κ3) is 5.06. The number of nitrogens with zero attached hydrogens (tertiary/aromatic N) is 2. The molecule has 2 N–H and O–H groups in total. The van der Waals surface area contributed by atoms with Gasteiger partial charge < -0.3 is 19.5 Å². The first-order valence-electron chi connectivity index (χ1n) is 10.6. The van der Waals surface area contributed by atoms with Crippen molar-refractivity contribution < 1.29 is 19.0 Å². The second-order valence-corrected chi connectivity index (χ2v) is 7.61. The quantitative estimate of drug-likeness (QED) is 0.474. The van der Waals surface area contributed by atoms with Gasteiger partial charge in [-0.2, -0.15) is 0 Å². The molecule has 0 saturated carbocycles. The molecule has 10 heteroatoms. The third-order valence-corrected chi connectivity index (χ3v) is 5.09. The molecule has 10 nitrogen and oxygen atoms in total. The molecule has 1 amide bonds. The van der Waals surface area contributed by atoms with Gasteiger partial charge in [-0.3, -0.25) is 19.1 Å². The summed E-state index contributed by atoms with van der Waals surface area (Å²) in [5, 5.41) is 2.86. The summed E-state index contributed by atoms with van der Waals surface area (Å²) >= 11 is 0. The molecule has 0 atom stereocenters. The zero-order chi connectivity index (χ0) is 24.1. The van der Waals surface area contributed by atoms with Gasteiger partial charge in [0.15, 0.2) is 17.1 Å². The molecule has 0 bridgehead atoms. The monoisotopic (exact) mass is 456 g/mol. The van der Waals surface area contributed by atoms with Crippen LogP contribution < -0.4 is 26.0 Å². The van der Waals surface area contributed by atoms with E-state index >= 15 is 0 Å². The number of aryl methyl sites for hydroxylation is 1. The molecule has 0 aliphatic heterocycles. The minimum atomic E-state index is -0.661. The summed E-state index contributed by atoms with van der Waals surface area (Å²) in [5.41, 5.74) is 0.127. The van der Waals surface area contributed by atoms with Crippen LogP contribution in [0.2, 0.25) is 0 Å². The van der Waals surface area contributed by atoms with Crippen molar-refractivity contribution in [3.05, 3.63) is 56.4 Å². The Morgan fingerprint density at radius 3 is 2.55 bits per heavy atom. The van der Waals surface area contributed by atoms with Gasteiger partial charge in [-0.25, -0.2) is 9.78 Å². The van der Waals surface area contributed by atoms with E-state index in [2.05, 4.69) is 15.3 Å². The number of rotatable bonds is 9. The van der Waals surface area contributed by atoms with Gasteiger partial charge in [0, 0.05) is 31.1 Å². The molecule has 176 valence electrons. The Morgan fingerprint density at radius 1 is 1.15 bits per heavy atom. The Labute approximate surface area is 190 Å². The maximum atomic E-state index is 13.3. The van der Waals surface area contributed by atoms with E-state index in [-0.39, 0.29) is 22.5 Å². The van der Waals surface area contributed by atoms with E-state index in [0.717, 1.165) is 0 Å². The van der Waals surface area contributed by atoms with Crippen molar-refractivity contribution >= 4 is 22.6 Å². The molecule has 2 heterocycles.